The molecule has 17 heavy (non-hydrogen) atoms. The predicted octanol–water partition coefficient (Wildman–Crippen LogP) is 1.59. The number of Topliss-reactive ketones (excluding diaryl/α,β-unsaturated/α-hetero) is 1. The highest BCUT2D eigenvalue weighted by Crippen LogP contribution is 2.49. The lowest BCUT2D eigenvalue weighted by Gasteiger charge is -2.32. The van der Waals surface area contributed by atoms with E-state index in [1.807, 2.05) is 0 Å². The lowest BCUT2D eigenvalue weighted by Crippen LogP contribution is -2.42. The molecule has 1 aliphatic carbocycles. The van der Waals surface area contributed by atoms with Gasteiger partial charge in [-0.3, -0.25) is 9.52 Å². The molecule has 3 unspecified atom stereocenters. The molecule has 3 atom stereocenters. The number of carbonyl (C=O) groups excluding carboxylic acids is 1. The SMILES string of the molecule is CC(=O)C1SNC(C2CCNCC2)C1C1CC1. The van der Waals surface area contributed by atoms with Crippen molar-refractivity contribution >= 4 is 17.7 Å². The Morgan fingerprint density at radius 1 is 1.12 bits per heavy atom. The van der Waals surface area contributed by atoms with Crippen molar-refractivity contribution in [2.24, 2.45) is 17.8 Å². The average Bonchev–Trinajstić information content (AvgIpc) is 3.08. The van der Waals surface area contributed by atoms with E-state index in [1.54, 1.807) is 18.9 Å². The highest BCUT2D eigenvalue weighted by Gasteiger charge is 2.49. The number of ketones is 1. The van der Waals surface area contributed by atoms with Gasteiger partial charge in [0.2, 0.25) is 0 Å². The second-order valence-electron chi connectivity index (χ2n) is 5.79. The third kappa shape index (κ3) is 2.40. The number of rotatable bonds is 3. The van der Waals surface area contributed by atoms with Crippen LogP contribution in [0, 0.1) is 17.8 Å². The first-order valence-electron chi connectivity index (χ1n) is 6.89. The molecule has 2 N–H and O–H groups in total. The maximum Gasteiger partial charge on any atom is 0.144 e. The molecule has 0 spiro atoms. The standard InChI is InChI=1S/C13H22N2OS/c1-8(16)13-11(9-2-3-9)12(15-17-13)10-4-6-14-7-5-10/h9-15H,2-7H2,1H3. The summed E-state index contributed by atoms with van der Waals surface area (Å²) in [5.74, 6) is 2.58. The highest BCUT2D eigenvalue weighted by molar-refractivity contribution is 7.99. The first-order chi connectivity index (χ1) is 8.27. The molecule has 2 saturated heterocycles. The van der Waals surface area contributed by atoms with Crippen molar-refractivity contribution in [2.75, 3.05) is 13.1 Å². The van der Waals surface area contributed by atoms with Crippen molar-refractivity contribution in [1.82, 2.24) is 10.0 Å². The molecule has 2 heterocycles. The van der Waals surface area contributed by atoms with Crippen molar-refractivity contribution in [2.45, 2.75) is 43.9 Å². The van der Waals surface area contributed by atoms with E-state index in [4.69, 9.17) is 0 Å². The van der Waals surface area contributed by atoms with Crippen LogP contribution in [-0.2, 0) is 4.79 Å². The van der Waals surface area contributed by atoms with Crippen LogP contribution in [0.4, 0.5) is 0 Å². The molecule has 0 radical (unpaired) electrons. The Bertz CT molecular complexity index is 300. The summed E-state index contributed by atoms with van der Waals surface area (Å²) in [5.41, 5.74) is 0. The third-order valence-electron chi connectivity index (χ3n) is 4.55. The number of piperidine rings is 1. The van der Waals surface area contributed by atoms with Crippen molar-refractivity contribution in [1.29, 1.82) is 0 Å². The molecule has 2 aliphatic heterocycles. The summed E-state index contributed by atoms with van der Waals surface area (Å²) in [4.78, 5) is 11.7. The molecule has 1 saturated carbocycles. The molecule has 0 aromatic heterocycles. The summed E-state index contributed by atoms with van der Waals surface area (Å²) in [6, 6.07) is 0.587. The number of nitrogens with one attached hydrogen (secondary N) is 2. The van der Waals surface area contributed by atoms with Crippen LogP contribution in [0.15, 0.2) is 0 Å². The van der Waals surface area contributed by atoms with Crippen LogP contribution in [0.25, 0.3) is 0 Å². The molecule has 96 valence electrons. The summed E-state index contributed by atoms with van der Waals surface area (Å²) in [5, 5.41) is 3.65. The summed E-state index contributed by atoms with van der Waals surface area (Å²) in [7, 11) is 0. The highest BCUT2D eigenvalue weighted by atomic mass is 32.2. The third-order valence-corrected chi connectivity index (χ3v) is 5.86. The monoisotopic (exact) mass is 254 g/mol. The Morgan fingerprint density at radius 2 is 1.82 bits per heavy atom. The van der Waals surface area contributed by atoms with Crippen LogP contribution in [0.3, 0.4) is 0 Å². The first-order valence-corrected chi connectivity index (χ1v) is 7.77. The van der Waals surface area contributed by atoms with E-state index in [2.05, 4.69) is 10.0 Å². The van der Waals surface area contributed by atoms with Crippen LogP contribution in [0.1, 0.15) is 32.6 Å². The Hall–Kier alpha value is -0.0600. The van der Waals surface area contributed by atoms with E-state index in [-0.39, 0.29) is 5.25 Å². The predicted molar refractivity (Wildman–Crippen MR) is 70.8 cm³/mol. The fourth-order valence-electron chi connectivity index (χ4n) is 3.49. The molecule has 0 aromatic rings. The second-order valence-corrected chi connectivity index (χ2v) is 6.77. The molecule has 3 rings (SSSR count). The van der Waals surface area contributed by atoms with Gasteiger partial charge in [-0.05, 0) is 63.5 Å². The van der Waals surface area contributed by atoms with Crippen LogP contribution in [0.5, 0.6) is 0 Å². The molecule has 0 aromatic carbocycles. The van der Waals surface area contributed by atoms with Gasteiger partial charge in [0.15, 0.2) is 0 Å². The quantitative estimate of drug-likeness (QED) is 0.751. The topological polar surface area (TPSA) is 41.1 Å². The normalized spacial score (nSPS) is 39.5. The van der Waals surface area contributed by atoms with Gasteiger partial charge >= 0.3 is 0 Å². The van der Waals surface area contributed by atoms with Crippen molar-refractivity contribution < 1.29 is 4.79 Å². The minimum atomic E-state index is 0.224. The first kappa shape index (κ1) is 12.0. The van der Waals surface area contributed by atoms with Crippen LogP contribution in [0.2, 0.25) is 0 Å². The maximum absolute atomic E-state index is 11.7. The van der Waals surface area contributed by atoms with Crippen LogP contribution < -0.4 is 10.0 Å². The lowest BCUT2D eigenvalue weighted by molar-refractivity contribution is -0.117. The van der Waals surface area contributed by atoms with E-state index >= 15 is 0 Å². The Morgan fingerprint density at radius 3 is 2.41 bits per heavy atom. The van der Waals surface area contributed by atoms with Gasteiger partial charge in [0.05, 0.1) is 5.25 Å². The van der Waals surface area contributed by atoms with E-state index < -0.39 is 0 Å². The summed E-state index contributed by atoms with van der Waals surface area (Å²) < 4.78 is 3.60. The van der Waals surface area contributed by atoms with Crippen molar-refractivity contribution in [3.05, 3.63) is 0 Å². The van der Waals surface area contributed by atoms with Gasteiger partial charge in [-0.25, -0.2) is 0 Å². The lowest BCUT2D eigenvalue weighted by atomic mass is 9.78. The maximum atomic E-state index is 11.7. The molecule has 0 amide bonds. The van der Waals surface area contributed by atoms with Gasteiger partial charge in [0.1, 0.15) is 5.78 Å². The molecule has 3 aliphatic rings. The summed E-state index contributed by atoms with van der Waals surface area (Å²) >= 11 is 1.71. The second kappa shape index (κ2) is 4.90. The zero-order chi connectivity index (χ0) is 11.8. The number of carbonyl (C=O) groups is 1. The van der Waals surface area contributed by atoms with Gasteiger partial charge in [-0.15, -0.1) is 0 Å². The summed E-state index contributed by atoms with van der Waals surface area (Å²) in [6.45, 7) is 4.06. The zero-order valence-corrected chi connectivity index (χ0v) is 11.3. The fraction of sp³-hybridized carbons (Fsp3) is 0.923. The molecular formula is C13H22N2OS. The Kier molecular flexibility index (Phi) is 3.46. The molecule has 3 fully saturated rings. The fourth-order valence-corrected chi connectivity index (χ4v) is 4.85. The van der Waals surface area contributed by atoms with Crippen LogP contribution in [-0.4, -0.2) is 30.2 Å². The van der Waals surface area contributed by atoms with Gasteiger partial charge < -0.3 is 5.32 Å². The zero-order valence-electron chi connectivity index (χ0n) is 10.4. The van der Waals surface area contributed by atoms with Crippen molar-refractivity contribution in [3.63, 3.8) is 0 Å². The smallest absolute Gasteiger partial charge is 0.144 e. The minimum absolute atomic E-state index is 0.224. The van der Waals surface area contributed by atoms with E-state index in [1.165, 1.54) is 25.7 Å². The molecule has 0 bridgehead atoms. The van der Waals surface area contributed by atoms with Crippen LogP contribution >= 0.6 is 11.9 Å². The number of hydrogen-bond acceptors (Lipinski definition) is 4. The Labute approximate surface area is 108 Å². The van der Waals surface area contributed by atoms with Crippen molar-refractivity contribution in [3.8, 4) is 0 Å². The van der Waals surface area contributed by atoms with Gasteiger partial charge in [0.25, 0.3) is 0 Å². The molecular weight excluding hydrogens is 232 g/mol. The molecule has 4 heteroatoms. The largest absolute Gasteiger partial charge is 0.317 e. The van der Waals surface area contributed by atoms with E-state index in [0.717, 1.165) is 24.9 Å². The van der Waals surface area contributed by atoms with E-state index in [9.17, 15) is 4.79 Å². The van der Waals surface area contributed by atoms with Gasteiger partial charge in [-0.1, -0.05) is 11.9 Å². The Balaban J connectivity index is 1.72. The summed E-state index contributed by atoms with van der Waals surface area (Å²) in [6.07, 6.45) is 5.23. The van der Waals surface area contributed by atoms with Gasteiger partial charge in [0, 0.05) is 6.04 Å². The molecule has 3 nitrogen and oxygen atoms in total. The average molecular weight is 254 g/mol. The van der Waals surface area contributed by atoms with Gasteiger partial charge in [-0.2, -0.15) is 0 Å². The van der Waals surface area contributed by atoms with E-state index in [0.29, 0.717) is 17.7 Å². The number of hydrogen-bond donors (Lipinski definition) is 2. The minimum Gasteiger partial charge on any atom is -0.317 e.